The smallest absolute Gasteiger partial charge is 0.161 e. The molecule has 1 N–H and O–H groups in total. The van der Waals surface area contributed by atoms with E-state index in [0.717, 1.165) is 60.9 Å². The Bertz CT molecular complexity index is 927. The molecule has 2 fully saturated rings. The fourth-order valence-corrected chi connectivity index (χ4v) is 4.74. The van der Waals surface area contributed by atoms with E-state index in [4.69, 9.17) is 4.74 Å². The molecule has 1 aliphatic carbocycles. The Morgan fingerprint density at radius 1 is 0.966 bits per heavy atom. The van der Waals surface area contributed by atoms with E-state index in [2.05, 4.69) is 47.9 Å². The summed E-state index contributed by atoms with van der Waals surface area (Å²) in [6, 6.07) is 7.19. The third kappa shape index (κ3) is 3.67. The highest BCUT2D eigenvalue weighted by molar-refractivity contribution is 5.70. The molecule has 4 aliphatic rings. The number of rotatable bonds is 4. The second kappa shape index (κ2) is 7.99. The summed E-state index contributed by atoms with van der Waals surface area (Å²) in [5, 5.41) is 0. The molecule has 5 rings (SSSR count). The Labute approximate surface area is 171 Å². The average molecular weight is 393 g/mol. The lowest BCUT2D eigenvalue weighted by Crippen LogP contribution is -2.50. The maximum absolute atomic E-state index is 5.71. The van der Waals surface area contributed by atoms with Crippen LogP contribution in [0.5, 0.6) is 5.75 Å². The third-order valence-corrected chi connectivity index (χ3v) is 6.39. The van der Waals surface area contributed by atoms with Gasteiger partial charge in [-0.2, -0.15) is 0 Å². The molecule has 7 nitrogen and oxygen atoms in total. The van der Waals surface area contributed by atoms with Crippen LogP contribution in [0.25, 0.3) is 22.9 Å². The fraction of sp³-hybridized carbons (Fsp3) is 0.500. The summed E-state index contributed by atoms with van der Waals surface area (Å²) >= 11 is 0. The number of anilines is 1. The summed E-state index contributed by atoms with van der Waals surface area (Å²) in [6.07, 6.45) is 10.3. The highest BCUT2D eigenvalue weighted by Gasteiger charge is 2.25. The van der Waals surface area contributed by atoms with Gasteiger partial charge in [0.1, 0.15) is 23.6 Å². The lowest BCUT2D eigenvalue weighted by Gasteiger charge is -2.41. The van der Waals surface area contributed by atoms with E-state index in [-0.39, 0.29) is 0 Å². The molecule has 3 aliphatic heterocycles. The summed E-state index contributed by atoms with van der Waals surface area (Å²) < 4.78 is 5.71. The van der Waals surface area contributed by atoms with E-state index in [1.807, 2.05) is 0 Å². The summed E-state index contributed by atoms with van der Waals surface area (Å²) in [4.78, 5) is 21.3. The normalized spacial score (nSPS) is 19.0. The molecular weight excluding hydrogens is 364 g/mol. The molecule has 3 heterocycles. The van der Waals surface area contributed by atoms with Crippen LogP contribution >= 0.6 is 0 Å². The first-order chi connectivity index (χ1) is 14.3. The fourth-order valence-electron chi connectivity index (χ4n) is 4.74. The van der Waals surface area contributed by atoms with E-state index in [9.17, 15) is 0 Å². The zero-order valence-electron chi connectivity index (χ0n) is 17.0. The second-order valence-electron chi connectivity index (χ2n) is 8.04. The molecule has 0 amide bonds. The standard InChI is InChI=1S/C22H28N6O/c1-29-20-13-17(28-11-9-27(10-12-28)16-5-3-2-4-6-16)7-8-18(20)21-23-14-19-22(26-21)25-15-24-19/h7-8,13-16H,2-6,9-12H2,1H3,(H,23,24,25,26). The minimum atomic E-state index is 0.736. The van der Waals surface area contributed by atoms with Crippen LogP contribution in [0.2, 0.25) is 0 Å². The molecular formula is C22H28N6O. The number of imidazole rings is 1. The Hall–Kier alpha value is -2.67. The molecule has 0 bridgehead atoms. The molecule has 1 aromatic rings. The van der Waals surface area contributed by atoms with Gasteiger partial charge in [-0.1, -0.05) is 19.3 Å². The number of ether oxygens (including phenoxy) is 1. The van der Waals surface area contributed by atoms with Crippen LogP contribution in [0.15, 0.2) is 30.7 Å². The van der Waals surface area contributed by atoms with Gasteiger partial charge in [0.25, 0.3) is 0 Å². The van der Waals surface area contributed by atoms with Crippen LogP contribution in [0.4, 0.5) is 5.69 Å². The van der Waals surface area contributed by atoms with Gasteiger partial charge in [0.2, 0.25) is 0 Å². The van der Waals surface area contributed by atoms with Crippen molar-refractivity contribution in [1.29, 1.82) is 0 Å². The van der Waals surface area contributed by atoms with Gasteiger partial charge in [0.05, 0.1) is 18.9 Å². The van der Waals surface area contributed by atoms with Gasteiger partial charge < -0.3 is 14.6 Å². The number of benzene rings is 1. The number of fused-ring (bicyclic) bond motifs is 1. The maximum Gasteiger partial charge on any atom is 0.161 e. The summed E-state index contributed by atoms with van der Waals surface area (Å²) in [7, 11) is 1.71. The van der Waals surface area contributed by atoms with E-state index in [1.165, 1.54) is 37.8 Å². The number of nitrogens with one attached hydrogen (secondary N) is 1. The van der Waals surface area contributed by atoms with Crippen molar-refractivity contribution in [1.82, 2.24) is 24.8 Å². The van der Waals surface area contributed by atoms with Crippen molar-refractivity contribution in [2.45, 2.75) is 38.1 Å². The zero-order chi connectivity index (χ0) is 19.6. The van der Waals surface area contributed by atoms with Crippen molar-refractivity contribution in [2.75, 3.05) is 38.2 Å². The first kappa shape index (κ1) is 18.4. The largest absolute Gasteiger partial charge is 0.496 e. The maximum atomic E-state index is 5.71. The number of hydrogen-bond donors (Lipinski definition) is 1. The predicted molar refractivity (Wildman–Crippen MR) is 113 cm³/mol. The van der Waals surface area contributed by atoms with Crippen molar-refractivity contribution in [2.24, 2.45) is 0 Å². The number of hydrogen-bond acceptors (Lipinski definition) is 6. The average Bonchev–Trinajstić information content (AvgIpc) is 3.27. The second-order valence-corrected chi connectivity index (χ2v) is 8.04. The highest BCUT2D eigenvalue weighted by Crippen LogP contribution is 2.33. The van der Waals surface area contributed by atoms with Gasteiger partial charge >= 0.3 is 0 Å². The molecule has 0 atom stereocenters. The monoisotopic (exact) mass is 392 g/mol. The SMILES string of the molecule is COc1cc(N2CCN(C3CCCCC3)CC2)ccc1-c1ncc2ncnc-2[nH]1. The molecule has 29 heavy (non-hydrogen) atoms. The van der Waals surface area contributed by atoms with E-state index >= 15 is 0 Å². The Morgan fingerprint density at radius 3 is 2.59 bits per heavy atom. The Morgan fingerprint density at radius 2 is 1.79 bits per heavy atom. The van der Waals surface area contributed by atoms with Gasteiger partial charge in [0, 0.05) is 44.0 Å². The van der Waals surface area contributed by atoms with Crippen molar-refractivity contribution in [3.63, 3.8) is 0 Å². The van der Waals surface area contributed by atoms with Gasteiger partial charge in [-0.3, -0.25) is 4.90 Å². The minimum Gasteiger partial charge on any atom is -0.496 e. The van der Waals surface area contributed by atoms with Crippen LogP contribution in [-0.4, -0.2) is 64.2 Å². The number of H-pyrrole nitrogens is 1. The van der Waals surface area contributed by atoms with Crippen molar-refractivity contribution >= 4 is 5.69 Å². The molecule has 0 aromatic heterocycles. The van der Waals surface area contributed by atoms with Gasteiger partial charge in [-0.15, -0.1) is 0 Å². The van der Waals surface area contributed by atoms with Crippen LogP contribution in [0.3, 0.4) is 0 Å². The molecule has 1 aromatic carbocycles. The number of aromatic nitrogens is 4. The number of piperazine rings is 1. The Balaban J connectivity index is 1.32. The number of nitrogens with zero attached hydrogens (tertiary/aromatic N) is 5. The van der Waals surface area contributed by atoms with Gasteiger partial charge in [0.15, 0.2) is 5.82 Å². The lowest BCUT2D eigenvalue weighted by molar-refractivity contribution is 0.148. The molecule has 0 spiro atoms. The quantitative estimate of drug-likeness (QED) is 0.734. The first-order valence-corrected chi connectivity index (χ1v) is 10.6. The van der Waals surface area contributed by atoms with Crippen molar-refractivity contribution < 1.29 is 4.74 Å². The highest BCUT2D eigenvalue weighted by atomic mass is 16.5. The summed E-state index contributed by atoms with van der Waals surface area (Å²) in [5.74, 6) is 2.29. The number of methoxy groups -OCH3 is 1. The van der Waals surface area contributed by atoms with E-state index in [0.29, 0.717) is 0 Å². The topological polar surface area (TPSA) is 70.2 Å². The molecule has 0 radical (unpaired) electrons. The van der Waals surface area contributed by atoms with Gasteiger partial charge in [-0.05, 0) is 25.0 Å². The molecule has 0 unspecified atom stereocenters. The third-order valence-electron chi connectivity index (χ3n) is 6.39. The van der Waals surface area contributed by atoms with Gasteiger partial charge in [-0.25, -0.2) is 15.0 Å². The molecule has 1 saturated heterocycles. The van der Waals surface area contributed by atoms with Crippen LogP contribution < -0.4 is 9.64 Å². The predicted octanol–water partition coefficient (Wildman–Crippen LogP) is 3.43. The van der Waals surface area contributed by atoms with E-state index < -0.39 is 0 Å². The first-order valence-electron chi connectivity index (χ1n) is 10.6. The summed E-state index contributed by atoms with van der Waals surface area (Å²) in [5.41, 5.74) is 2.91. The molecule has 1 saturated carbocycles. The van der Waals surface area contributed by atoms with Crippen LogP contribution in [-0.2, 0) is 0 Å². The van der Waals surface area contributed by atoms with Crippen molar-refractivity contribution in [3.8, 4) is 28.7 Å². The van der Waals surface area contributed by atoms with Crippen LogP contribution in [0, 0.1) is 0 Å². The molecule has 152 valence electrons. The summed E-state index contributed by atoms with van der Waals surface area (Å²) in [6.45, 7) is 4.43. The Kier molecular flexibility index (Phi) is 5.06. The lowest BCUT2D eigenvalue weighted by atomic mass is 9.94. The minimum absolute atomic E-state index is 0.736. The van der Waals surface area contributed by atoms with Crippen LogP contribution in [0.1, 0.15) is 32.1 Å². The molecule has 7 heteroatoms. The van der Waals surface area contributed by atoms with Crippen molar-refractivity contribution in [3.05, 3.63) is 30.7 Å². The zero-order valence-corrected chi connectivity index (χ0v) is 17.0. The van der Waals surface area contributed by atoms with E-state index in [1.54, 1.807) is 19.6 Å². The number of aromatic amines is 1.